The minimum Gasteiger partial charge on any atom is -0.507 e. The first-order valence-electron chi connectivity index (χ1n) is 9.40. The number of amides is 1. The smallest absolute Gasteiger partial charge is 0.295 e. The van der Waals surface area contributed by atoms with E-state index in [0.717, 1.165) is 22.4 Å². The molecule has 0 radical (unpaired) electrons. The summed E-state index contributed by atoms with van der Waals surface area (Å²) in [4.78, 5) is 32.2. The first-order valence-corrected chi connectivity index (χ1v) is 10.3. The van der Waals surface area contributed by atoms with Crippen molar-refractivity contribution in [3.8, 4) is 0 Å². The highest BCUT2D eigenvalue weighted by Crippen LogP contribution is 2.41. The van der Waals surface area contributed by atoms with Gasteiger partial charge in [-0.25, -0.2) is 0 Å². The molecule has 1 aromatic carbocycles. The summed E-state index contributed by atoms with van der Waals surface area (Å²) in [5, 5.41) is 12.9. The van der Waals surface area contributed by atoms with Crippen molar-refractivity contribution >= 4 is 28.8 Å². The molecule has 6 heteroatoms. The van der Waals surface area contributed by atoms with Crippen molar-refractivity contribution in [2.75, 3.05) is 0 Å². The summed E-state index contributed by atoms with van der Waals surface area (Å²) < 4.78 is 0. The van der Waals surface area contributed by atoms with Crippen LogP contribution in [-0.4, -0.2) is 26.7 Å². The Morgan fingerprint density at radius 1 is 1.10 bits per heavy atom. The topological polar surface area (TPSA) is 70.5 Å². The molecule has 1 amide bonds. The predicted octanol–water partition coefficient (Wildman–Crippen LogP) is 4.33. The number of aliphatic hydroxyl groups is 1. The standard InChI is InChI=1S/C23H20N2O3S/c1-2-15-7-9-17(10-8-15)21(26)19-20(18-6-4-12-29-18)25(23(28)22(19)27)14-16-5-3-11-24-13-16/h3-13,20,26H,2,14H2,1H3/b21-19-. The molecule has 0 saturated carbocycles. The molecule has 3 heterocycles. The van der Waals surface area contributed by atoms with Gasteiger partial charge in [-0.2, -0.15) is 0 Å². The number of hydrogen-bond acceptors (Lipinski definition) is 5. The van der Waals surface area contributed by atoms with E-state index in [9.17, 15) is 14.7 Å². The van der Waals surface area contributed by atoms with E-state index in [-0.39, 0.29) is 17.9 Å². The highest BCUT2D eigenvalue weighted by molar-refractivity contribution is 7.10. The van der Waals surface area contributed by atoms with Crippen LogP contribution in [0.4, 0.5) is 0 Å². The lowest BCUT2D eigenvalue weighted by atomic mass is 9.99. The maximum absolute atomic E-state index is 12.9. The molecule has 4 rings (SSSR count). The van der Waals surface area contributed by atoms with Gasteiger partial charge >= 0.3 is 0 Å². The molecule has 0 aliphatic carbocycles. The van der Waals surface area contributed by atoms with Crippen LogP contribution in [0.3, 0.4) is 0 Å². The Kier molecular flexibility index (Phi) is 5.27. The van der Waals surface area contributed by atoms with Crippen LogP contribution >= 0.6 is 11.3 Å². The number of aliphatic hydroxyl groups excluding tert-OH is 1. The summed E-state index contributed by atoms with van der Waals surface area (Å²) in [6.07, 6.45) is 4.22. The lowest BCUT2D eigenvalue weighted by Gasteiger charge is -2.24. The average molecular weight is 404 g/mol. The van der Waals surface area contributed by atoms with Crippen molar-refractivity contribution in [3.05, 3.63) is 93.4 Å². The molecule has 146 valence electrons. The maximum Gasteiger partial charge on any atom is 0.295 e. The lowest BCUT2D eigenvalue weighted by molar-refractivity contribution is -0.140. The van der Waals surface area contributed by atoms with Gasteiger partial charge in [0.2, 0.25) is 0 Å². The number of pyridine rings is 1. The van der Waals surface area contributed by atoms with E-state index in [0.29, 0.717) is 5.56 Å². The van der Waals surface area contributed by atoms with Gasteiger partial charge in [-0.05, 0) is 35.1 Å². The van der Waals surface area contributed by atoms with Crippen molar-refractivity contribution in [2.45, 2.75) is 25.9 Å². The maximum atomic E-state index is 12.9. The summed E-state index contributed by atoms with van der Waals surface area (Å²) >= 11 is 1.45. The van der Waals surface area contributed by atoms with E-state index in [1.165, 1.54) is 16.2 Å². The first kappa shape index (κ1) is 19.1. The van der Waals surface area contributed by atoms with Crippen LogP contribution in [0.2, 0.25) is 0 Å². The minimum atomic E-state index is -0.663. The number of rotatable bonds is 5. The second kappa shape index (κ2) is 8.01. The van der Waals surface area contributed by atoms with Crippen LogP contribution < -0.4 is 0 Å². The number of benzene rings is 1. The number of carbonyl (C=O) groups is 2. The molecule has 0 bridgehead atoms. The Labute approximate surface area is 173 Å². The number of aromatic nitrogens is 1. The highest BCUT2D eigenvalue weighted by Gasteiger charge is 2.46. The van der Waals surface area contributed by atoms with Crippen molar-refractivity contribution in [2.24, 2.45) is 0 Å². The van der Waals surface area contributed by atoms with E-state index < -0.39 is 17.7 Å². The van der Waals surface area contributed by atoms with E-state index in [2.05, 4.69) is 11.9 Å². The minimum absolute atomic E-state index is 0.130. The SMILES string of the molecule is CCc1ccc(/C(O)=C2/C(=O)C(=O)N(Cc3cccnc3)C2c2cccs2)cc1. The number of hydrogen-bond donors (Lipinski definition) is 1. The Morgan fingerprint density at radius 2 is 1.90 bits per heavy atom. The molecule has 1 unspecified atom stereocenters. The number of Topliss-reactive ketones (excluding diaryl/α,β-unsaturated/α-hetero) is 1. The quantitative estimate of drug-likeness (QED) is 0.390. The molecule has 1 fully saturated rings. The van der Waals surface area contributed by atoms with Gasteiger partial charge in [0.05, 0.1) is 11.6 Å². The third-order valence-corrected chi connectivity index (χ3v) is 5.99. The Balaban J connectivity index is 1.81. The van der Waals surface area contributed by atoms with Crippen LogP contribution in [-0.2, 0) is 22.6 Å². The fraction of sp³-hybridized carbons (Fsp3) is 0.174. The van der Waals surface area contributed by atoms with Gasteiger partial charge < -0.3 is 10.0 Å². The van der Waals surface area contributed by atoms with Gasteiger partial charge in [0.25, 0.3) is 11.7 Å². The number of nitrogens with zero attached hydrogens (tertiary/aromatic N) is 2. The first-order chi connectivity index (χ1) is 14.1. The van der Waals surface area contributed by atoms with Crippen molar-refractivity contribution in [1.29, 1.82) is 0 Å². The molecule has 0 spiro atoms. The summed E-state index contributed by atoms with van der Waals surface area (Å²) in [6, 6.07) is 14.2. The van der Waals surface area contributed by atoms with Crippen LogP contribution in [0.1, 0.15) is 34.5 Å². The van der Waals surface area contributed by atoms with E-state index in [1.807, 2.05) is 35.7 Å². The second-order valence-corrected chi connectivity index (χ2v) is 7.83. The molecule has 1 aliphatic rings. The summed E-state index contributed by atoms with van der Waals surface area (Å²) in [5.74, 6) is -1.42. The van der Waals surface area contributed by atoms with Gasteiger partial charge in [-0.3, -0.25) is 14.6 Å². The zero-order valence-electron chi connectivity index (χ0n) is 15.9. The third-order valence-electron chi connectivity index (χ3n) is 5.06. The molecule has 1 N–H and O–H groups in total. The molecule has 1 atom stereocenters. The Bertz CT molecular complexity index is 1060. The fourth-order valence-electron chi connectivity index (χ4n) is 3.53. The molecule has 5 nitrogen and oxygen atoms in total. The number of aryl methyl sites for hydroxylation is 1. The summed E-state index contributed by atoms with van der Waals surface area (Å²) in [5.41, 5.74) is 2.62. The summed E-state index contributed by atoms with van der Waals surface area (Å²) in [7, 11) is 0. The number of thiophene rings is 1. The van der Waals surface area contributed by atoms with Gasteiger partial charge in [-0.15, -0.1) is 11.3 Å². The van der Waals surface area contributed by atoms with E-state index in [1.54, 1.807) is 30.6 Å². The average Bonchev–Trinajstić information content (AvgIpc) is 3.37. The molecular formula is C23H20N2O3S. The van der Waals surface area contributed by atoms with Gasteiger partial charge in [-0.1, -0.05) is 43.3 Å². The highest BCUT2D eigenvalue weighted by atomic mass is 32.1. The van der Waals surface area contributed by atoms with Crippen LogP contribution in [0.25, 0.3) is 5.76 Å². The number of carbonyl (C=O) groups excluding carboxylic acids is 2. The second-order valence-electron chi connectivity index (χ2n) is 6.85. The lowest BCUT2D eigenvalue weighted by Crippen LogP contribution is -2.28. The fourth-order valence-corrected chi connectivity index (χ4v) is 4.37. The van der Waals surface area contributed by atoms with Crippen molar-refractivity contribution < 1.29 is 14.7 Å². The van der Waals surface area contributed by atoms with Crippen molar-refractivity contribution in [1.82, 2.24) is 9.88 Å². The largest absolute Gasteiger partial charge is 0.507 e. The molecule has 3 aromatic rings. The predicted molar refractivity (Wildman–Crippen MR) is 112 cm³/mol. The number of ketones is 1. The van der Waals surface area contributed by atoms with E-state index >= 15 is 0 Å². The van der Waals surface area contributed by atoms with Gasteiger partial charge in [0.1, 0.15) is 5.76 Å². The van der Waals surface area contributed by atoms with Crippen molar-refractivity contribution in [3.63, 3.8) is 0 Å². The van der Waals surface area contributed by atoms with Crippen LogP contribution in [0.5, 0.6) is 0 Å². The third kappa shape index (κ3) is 3.59. The Morgan fingerprint density at radius 3 is 2.52 bits per heavy atom. The zero-order chi connectivity index (χ0) is 20.4. The molecule has 1 saturated heterocycles. The molecule has 2 aromatic heterocycles. The van der Waals surface area contributed by atoms with Crippen LogP contribution in [0, 0.1) is 0 Å². The van der Waals surface area contributed by atoms with E-state index in [4.69, 9.17) is 0 Å². The monoisotopic (exact) mass is 404 g/mol. The molecular weight excluding hydrogens is 384 g/mol. The molecule has 29 heavy (non-hydrogen) atoms. The zero-order valence-corrected chi connectivity index (χ0v) is 16.7. The number of likely N-dealkylation sites (tertiary alicyclic amines) is 1. The van der Waals surface area contributed by atoms with Crippen LogP contribution in [0.15, 0.2) is 71.9 Å². The summed E-state index contributed by atoms with van der Waals surface area (Å²) in [6.45, 7) is 2.29. The van der Waals surface area contributed by atoms with Gasteiger partial charge in [0.15, 0.2) is 0 Å². The Hall–Kier alpha value is -3.25. The van der Waals surface area contributed by atoms with Gasteiger partial charge in [0, 0.05) is 29.4 Å². The normalized spacial score (nSPS) is 18.4. The molecule has 1 aliphatic heterocycles.